The van der Waals surface area contributed by atoms with E-state index in [9.17, 15) is 9.59 Å². The van der Waals surface area contributed by atoms with Crippen LogP contribution in [0.3, 0.4) is 0 Å². The second-order valence-electron chi connectivity index (χ2n) is 6.00. The van der Waals surface area contributed by atoms with Crippen molar-refractivity contribution in [1.82, 2.24) is 30.5 Å². The molecule has 0 atom stereocenters. The Hall–Kier alpha value is -3.13. The predicted octanol–water partition coefficient (Wildman–Crippen LogP) is -1.15. The topological polar surface area (TPSA) is 217 Å². The highest BCUT2D eigenvalue weighted by molar-refractivity contribution is 5.64. The van der Waals surface area contributed by atoms with E-state index >= 15 is 0 Å². The van der Waals surface area contributed by atoms with Crippen molar-refractivity contribution in [2.45, 2.75) is 12.8 Å². The molecule has 2 amide bonds. The van der Waals surface area contributed by atoms with Gasteiger partial charge in [-0.3, -0.25) is 4.90 Å². The highest BCUT2D eigenvalue weighted by Gasteiger charge is 2.08. The first-order chi connectivity index (χ1) is 13.9. The second kappa shape index (κ2) is 14.0. The fourth-order valence-corrected chi connectivity index (χ4v) is 2.32. The maximum absolute atomic E-state index is 10.6. The summed E-state index contributed by atoms with van der Waals surface area (Å²) in [5, 5.41) is 28.0. The largest absolute Gasteiger partial charge is 0.465 e. The third-order valence-corrected chi connectivity index (χ3v) is 3.69. The molecule has 0 aliphatic rings. The molecule has 0 aliphatic heterocycles. The Balaban J connectivity index is 2.50. The van der Waals surface area contributed by atoms with Crippen molar-refractivity contribution in [3.63, 3.8) is 0 Å². The van der Waals surface area contributed by atoms with Crippen LogP contribution in [-0.2, 0) is 0 Å². The van der Waals surface area contributed by atoms with E-state index in [4.69, 9.17) is 21.7 Å². The lowest BCUT2D eigenvalue weighted by Crippen LogP contribution is -2.41. The van der Waals surface area contributed by atoms with Crippen molar-refractivity contribution in [2.24, 2.45) is 5.73 Å². The number of hydrogen-bond donors (Lipinski definition) is 8. The molecule has 0 saturated heterocycles. The molecule has 14 nitrogen and oxygen atoms in total. The Morgan fingerprint density at radius 1 is 0.828 bits per heavy atom. The third-order valence-electron chi connectivity index (χ3n) is 3.69. The fourth-order valence-electron chi connectivity index (χ4n) is 2.32. The van der Waals surface area contributed by atoms with Crippen molar-refractivity contribution in [1.29, 1.82) is 0 Å². The monoisotopic (exact) mass is 414 g/mol. The van der Waals surface area contributed by atoms with Gasteiger partial charge in [0.15, 0.2) is 0 Å². The first-order valence-electron chi connectivity index (χ1n) is 9.26. The summed E-state index contributed by atoms with van der Waals surface area (Å²) in [4.78, 5) is 35.4. The zero-order valence-electron chi connectivity index (χ0n) is 16.2. The maximum Gasteiger partial charge on any atom is 0.404 e. The summed E-state index contributed by atoms with van der Waals surface area (Å²) in [6.45, 7) is 3.51. The van der Waals surface area contributed by atoms with Crippen molar-refractivity contribution in [3.8, 4) is 0 Å². The molecule has 29 heavy (non-hydrogen) atoms. The van der Waals surface area contributed by atoms with Crippen molar-refractivity contribution in [3.05, 3.63) is 0 Å². The molecule has 0 aromatic carbocycles. The summed E-state index contributed by atoms with van der Waals surface area (Å²) < 4.78 is 0. The fraction of sp³-hybridized carbons (Fsp3) is 0.667. The number of aromatic nitrogens is 3. The highest BCUT2D eigenvalue weighted by atomic mass is 16.4. The molecular formula is C15H30N10O4. The maximum atomic E-state index is 10.6. The van der Waals surface area contributed by atoms with Gasteiger partial charge in [-0.1, -0.05) is 0 Å². The summed E-state index contributed by atoms with van der Waals surface area (Å²) >= 11 is 0. The van der Waals surface area contributed by atoms with Gasteiger partial charge in [0, 0.05) is 45.8 Å². The second-order valence-corrected chi connectivity index (χ2v) is 6.00. The number of rotatable bonds is 15. The Labute approximate surface area is 168 Å². The first kappa shape index (κ1) is 23.9. The number of carbonyl (C=O) groups is 2. The minimum absolute atomic E-state index is 0.0806. The van der Waals surface area contributed by atoms with E-state index in [1.165, 1.54) is 0 Å². The molecule has 0 aliphatic carbocycles. The normalized spacial score (nSPS) is 10.6. The summed E-state index contributed by atoms with van der Waals surface area (Å²) in [5.74, 6) is 0.758. The van der Waals surface area contributed by atoms with E-state index in [2.05, 4.69) is 36.2 Å². The van der Waals surface area contributed by atoms with Gasteiger partial charge in [-0.05, 0) is 19.4 Å². The van der Waals surface area contributed by atoms with Gasteiger partial charge in [-0.25, -0.2) is 9.59 Å². The van der Waals surface area contributed by atoms with Crippen molar-refractivity contribution < 1.29 is 19.8 Å². The Morgan fingerprint density at radius 2 is 1.34 bits per heavy atom. The van der Waals surface area contributed by atoms with Gasteiger partial charge in [0.05, 0.1) is 0 Å². The molecular weight excluding hydrogens is 384 g/mol. The quantitative estimate of drug-likeness (QED) is 0.160. The molecule has 0 fully saturated rings. The van der Waals surface area contributed by atoms with Gasteiger partial charge in [-0.2, -0.15) is 15.0 Å². The minimum atomic E-state index is -1.11. The summed E-state index contributed by atoms with van der Waals surface area (Å²) in [6.07, 6.45) is -0.450. The van der Waals surface area contributed by atoms with Crippen LogP contribution in [0, 0.1) is 0 Å². The number of hydrogen-bond acceptors (Lipinski definition) is 10. The third kappa shape index (κ3) is 12.0. The van der Waals surface area contributed by atoms with Crippen LogP contribution in [0.1, 0.15) is 12.8 Å². The van der Waals surface area contributed by atoms with E-state index in [-0.39, 0.29) is 19.0 Å². The number of amides is 2. The van der Waals surface area contributed by atoms with Crippen LogP contribution in [0.15, 0.2) is 0 Å². The zero-order chi connectivity index (χ0) is 21.5. The molecule has 0 unspecified atom stereocenters. The van der Waals surface area contributed by atoms with Crippen LogP contribution in [-0.4, -0.2) is 94.6 Å². The van der Waals surface area contributed by atoms with E-state index in [0.29, 0.717) is 51.2 Å². The average Bonchev–Trinajstić information content (AvgIpc) is 2.64. The van der Waals surface area contributed by atoms with E-state index in [0.717, 1.165) is 12.8 Å². The number of anilines is 3. The molecule has 1 heterocycles. The smallest absolute Gasteiger partial charge is 0.404 e. The van der Waals surface area contributed by atoms with Crippen LogP contribution in [0.5, 0.6) is 0 Å². The first-order valence-corrected chi connectivity index (χ1v) is 9.26. The van der Waals surface area contributed by atoms with Gasteiger partial charge < -0.3 is 42.9 Å². The van der Waals surface area contributed by atoms with Gasteiger partial charge in [0.1, 0.15) is 0 Å². The van der Waals surface area contributed by atoms with Crippen LogP contribution in [0.25, 0.3) is 0 Å². The molecule has 14 heteroatoms. The Bertz CT molecular complexity index is 613. The van der Waals surface area contributed by atoms with E-state index in [1.807, 2.05) is 4.90 Å². The standard InChI is InChI=1S/C15H30N10O4/c16-3-1-2-4-18-12-22-11(17)23-13(24-12)19-5-8-25(9-6-20-14(26)27)10-7-21-15(28)29/h20-21H,1-10,16H2,(H,26,27)(H,28,29)(H4,17,18,19,22,23,24). The van der Waals surface area contributed by atoms with Crippen LogP contribution < -0.4 is 32.7 Å². The van der Waals surface area contributed by atoms with Crippen molar-refractivity contribution in [2.75, 3.05) is 68.7 Å². The average molecular weight is 414 g/mol. The number of nitrogens with one attached hydrogen (secondary N) is 4. The van der Waals surface area contributed by atoms with E-state index < -0.39 is 12.2 Å². The lowest BCUT2D eigenvalue weighted by molar-refractivity contribution is 0.189. The molecule has 0 bridgehead atoms. The lowest BCUT2D eigenvalue weighted by atomic mass is 10.3. The summed E-state index contributed by atoms with van der Waals surface area (Å²) in [5.41, 5.74) is 11.2. The van der Waals surface area contributed by atoms with E-state index in [1.54, 1.807) is 0 Å². The number of nitrogen functional groups attached to an aromatic ring is 1. The number of nitrogens with two attached hydrogens (primary N) is 2. The van der Waals surface area contributed by atoms with Gasteiger partial charge in [-0.15, -0.1) is 0 Å². The zero-order valence-corrected chi connectivity index (χ0v) is 16.2. The molecule has 10 N–H and O–H groups in total. The molecule has 1 aromatic rings. The molecule has 0 radical (unpaired) electrons. The Kier molecular flexibility index (Phi) is 11.5. The van der Waals surface area contributed by atoms with Gasteiger partial charge >= 0.3 is 12.2 Å². The van der Waals surface area contributed by atoms with Crippen LogP contribution in [0.4, 0.5) is 27.4 Å². The van der Waals surface area contributed by atoms with Crippen LogP contribution in [0.2, 0.25) is 0 Å². The van der Waals surface area contributed by atoms with Crippen molar-refractivity contribution >= 4 is 30.0 Å². The number of unbranched alkanes of at least 4 members (excludes halogenated alkanes) is 1. The molecule has 164 valence electrons. The summed E-state index contributed by atoms with van der Waals surface area (Å²) in [7, 11) is 0. The van der Waals surface area contributed by atoms with Gasteiger partial charge in [0.2, 0.25) is 17.8 Å². The number of carboxylic acid groups (broad SMARTS) is 2. The lowest BCUT2D eigenvalue weighted by Gasteiger charge is -2.22. The molecule has 0 spiro atoms. The minimum Gasteiger partial charge on any atom is -0.465 e. The molecule has 1 aromatic heterocycles. The predicted molar refractivity (Wildman–Crippen MR) is 108 cm³/mol. The Morgan fingerprint density at radius 3 is 1.86 bits per heavy atom. The molecule has 1 rings (SSSR count). The number of nitrogens with zero attached hydrogens (tertiary/aromatic N) is 4. The van der Waals surface area contributed by atoms with Gasteiger partial charge in [0.25, 0.3) is 0 Å². The SMILES string of the molecule is NCCCCNc1nc(N)nc(NCCN(CCNC(=O)O)CCNC(=O)O)n1. The highest BCUT2D eigenvalue weighted by Crippen LogP contribution is 2.06. The van der Waals surface area contributed by atoms with Crippen LogP contribution >= 0.6 is 0 Å². The molecule has 0 saturated carbocycles. The summed E-state index contributed by atoms with van der Waals surface area (Å²) in [6, 6.07) is 0.